The summed E-state index contributed by atoms with van der Waals surface area (Å²) in [5.74, 6) is -1.18. The number of imide groups is 1. The van der Waals surface area contributed by atoms with Gasteiger partial charge in [-0.15, -0.1) is 11.3 Å². The highest BCUT2D eigenvalue weighted by Gasteiger charge is 2.50. The second kappa shape index (κ2) is 7.31. The smallest absolute Gasteiger partial charge is 0.318 e. The van der Waals surface area contributed by atoms with Gasteiger partial charge in [0.05, 0.1) is 11.2 Å². The van der Waals surface area contributed by atoms with Crippen LogP contribution in [0.4, 0.5) is 4.79 Å². The van der Waals surface area contributed by atoms with E-state index in [1.165, 1.54) is 6.20 Å². The molecule has 1 unspecified atom stereocenters. The SMILES string of the molecule is CC1(c2ccccc2)NC(=O)N(NC(=O)c2cnc(-c3ccccc3Cl)s2)C1=O. The maximum atomic E-state index is 12.9. The number of benzene rings is 2. The fraction of sp³-hybridized carbons (Fsp3) is 0.100. The number of carbonyl (C=O) groups excluding carboxylic acids is 3. The highest BCUT2D eigenvalue weighted by atomic mass is 35.5. The van der Waals surface area contributed by atoms with Crippen LogP contribution in [-0.2, 0) is 10.3 Å². The third kappa shape index (κ3) is 3.37. The average molecular weight is 427 g/mol. The van der Waals surface area contributed by atoms with Gasteiger partial charge >= 0.3 is 6.03 Å². The van der Waals surface area contributed by atoms with Gasteiger partial charge in [0.25, 0.3) is 11.8 Å². The Morgan fingerprint density at radius 1 is 1.14 bits per heavy atom. The lowest BCUT2D eigenvalue weighted by Gasteiger charge is -2.21. The second-order valence-electron chi connectivity index (χ2n) is 6.51. The normalized spacial score (nSPS) is 18.6. The van der Waals surface area contributed by atoms with E-state index in [0.717, 1.165) is 11.3 Å². The van der Waals surface area contributed by atoms with E-state index in [9.17, 15) is 14.4 Å². The van der Waals surface area contributed by atoms with E-state index in [4.69, 9.17) is 11.6 Å². The highest BCUT2D eigenvalue weighted by Crippen LogP contribution is 2.31. The van der Waals surface area contributed by atoms with Crippen LogP contribution in [0.3, 0.4) is 0 Å². The van der Waals surface area contributed by atoms with Gasteiger partial charge in [-0.3, -0.25) is 15.0 Å². The number of thiazole rings is 1. The summed E-state index contributed by atoms with van der Waals surface area (Å²) in [7, 11) is 0. The van der Waals surface area contributed by atoms with E-state index in [0.29, 0.717) is 26.2 Å². The van der Waals surface area contributed by atoms with Gasteiger partial charge in [0.2, 0.25) is 0 Å². The molecule has 1 saturated heterocycles. The second-order valence-corrected chi connectivity index (χ2v) is 7.95. The summed E-state index contributed by atoms with van der Waals surface area (Å²) in [6.07, 6.45) is 1.38. The number of carbonyl (C=O) groups is 3. The number of nitrogens with zero attached hydrogens (tertiary/aromatic N) is 2. The number of hydrogen-bond acceptors (Lipinski definition) is 5. The molecule has 7 nitrogen and oxygen atoms in total. The minimum absolute atomic E-state index is 0.244. The van der Waals surface area contributed by atoms with Gasteiger partial charge in [-0.1, -0.05) is 60.1 Å². The molecule has 2 aromatic carbocycles. The molecule has 9 heteroatoms. The number of amides is 4. The standard InChI is InChI=1S/C20H15ClN4O3S/c1-20(12-7-3-2-4-8-12)18(27)25(19(28)23-20)24-16(26)15-11-22-17(29-15)13-9-5-6-10-14(13)21/h2-11H,1H3,(H,23,28)(H,24,26). The molecule has 1 aliphatic rings. The molecule has 3 aromatic rings. The summed E-state index contributed by atoms with van der Waals surface area (Å²) in [6.45, 7) is 1.59. The Labute approximate surface area is 175 Å². The van der Waals surface area contributed by atoms with Crippen LogP contribution in [0.15, 0.2) is 60.8 Å². The number of nitrogens with one attached hydrogen (secondary N) is 2. The Morgan fingerprint density at radius 3 is 2.55 bits per heavy atom. The molecule has 0 spiro atoms. The largest absolute Gasteiger partial charge is 0.344 e. The van der Waals surface area contributed by atoms with Gasteiger partial charge < -0.3 is 5.32 Å². The maximum absolute atomic E-state index is 12.9. The first-order valence-electron chi connectivity index (χ1n) is 8.64. The first-order valence-corrected chi connectivity index (χ1v) is 9.83. The lowest BCUT2D eigenvalue weighted by atomic mass is 9.92. The van der Waals surface area contributed by atoms with Crippen LogP contribution in [0.1, 0.15) is 22.2 Å². The van der Waals surface area contributed by atoms with E-state index < -0.39 is 23.4 Å². The Bertz CT molecular complexity index is 1120. The zero-order valence-electron chi connectivity index (χ0n) is 15.2. The lowest BCUT2D eigenvalue weighted by Crippen LogP contribution is -2.47. The minimum atomic E-state index is -1.26. The zero-order valence-corrected chi connectivity index (χ0v) is 16.8. The molecule has 1 aliphatic heterocycles. The third-order valence-corrected chi connectivity index (χ3v) is 5.95. The lowest BCUT2D eigenvalue weighted by molar-refractivity contribution is -0.132. The summed E-state index contributed by atoms with van der Waals surface area (Å²) in [6, 6.07) is 15.3. The number of halogens is 1. The van der Waals surface area contributed by atoms with Gasteiger partial charge in [-0.25, -0.2) is 9.78 Å². The molecule has 0 saturated carbocycles. The Kier molecular flexibility index (Phi) is 4.81. The summed E-state index contributed by atoms with van der Waals surface area (Å²) >= 11 is 7.29. The first-order chi connectivity index (χ1) is 13.9. The van der Waals surface area contributed by atoms with Crippen molar-refractivity contribution in [3.05, 3.63) is 76.3 Å². The third-order valence-electron chi connectivity index (χ3n) is 4.59. The van der Waals surface area contributed by atoms with Crippen molar-refractivity contribution >= 4 is 40.8 Å². The van der Waals surface area contributed by atoms with Gasteiger partial charge in [0, 0.05) is 5.56 Å². The summed E-state index contributed by atoms with van der Waals surface area (Å²) in [4.78, 5) is 42.3. The molecule has 1 atom stereocenters. The van der Waals surface area contributed by atoms with Crippen LogP contribution in [0, 0.1) is 0 Å². The predicted molar refractivity (Wildman–Crippen MR) is 109 cm³/mol. The van der Waals surface area contributed by atoms with Gasteiger partial charge in [-0.2, -0.15) is 5.01 Å². The van der Waals surface area contributed by atoms with E-state index in [1.54, 1.807) is 49.4 Å². The number of hydrazine groups is 1. The summed E-state index contributed by atoms with van der Waals surface area (Å²) in [5, 5.41) is 4.41. The van der Waals surface area contributed by atoms with Gasteiger partial charge in [0.15, 0.2) is 0 Å². The topological polar surface area (TPSA) is 91.4 Å². The number of urea groups is 1. The predicted octanol–water partition coefficient (Wildman–Crippen LogP) is 3.58. The van der Waals surface area contributed by atoms with Crippen LogP contribution in [0.25, 0.3) is 10.6 Å². The van der Waals surface area contributed by atoms with Crippen LogP contribution in [-0.4, -0.2) is 27.8 Å². The van der Waals surface area contributed by atoms with Gasteiger partial charge in [0.1, 0.15) is 15.4 Å². The van der Waals surface area contributed by atoms with Crippen molar-refractivity contribution in [2.75, 3.05) is 0 Å². The van der Waals surface area contributed by atoms with Crippen molar-refractivity contribution in [2.45, 2.75) is 12.5 Å². The van der Waals surface area contributed by atoms with E-state index in [1.807, 2.05) is 12.1 Å². The Hall–Kier alpha value is -3.23. The van der Waals surface area contributed by atoms with Crippen LogP contribution >= 0.6 is 22.9 Å². The quantitative estimate of drug-likeness (QED) is 0.624. The summed E-state index contributed by atoms with van der Waals surface area (Å²) < 4.78 is 0. The van der Waals surface area contributed by atoms with Crippen LogP contribution in [0.5, 0.6) is 0 Å². The number of hydrogen-bond donors (Lipinski definition) is 2. The first kappa shape index (κ1) is 19.1. The molecule has 2 heterocycles. The van der Waals surface area contributed by atoms with E-state index in [-0.39, 0.29) is 4.88 Å². The Morgan fingerprint density at radius 2 is 1.83 bits per heavy atom. The number of aromatic nitrogens is 1. The van der Waals surface area contributed by atoms with Crippen molar-refractivity contribution < 1.29 is 14.4 Å². The molecule has 1 aromatic heterocycles. The van der Waals surface area contributed by atoms with Crippen LogP contribution in [0.2, 0.25) is 5.02 Å². The summed E-state index contributed by atoms with van der Waals surface area (Å²) in [5.41, 5.74) is 2.43. The molecule has 0 bridgehead atoms. The zero-order chi connectivity index (χ0) is 20.6. The molecule has 29 heavy (non-hydrogen) atoms. The maximum Gasteiger partial charge on any atom is 0.344 e. The molecule has 2 N–H and O–H groups in total. The fourth-order valence-electron chi connectivity index (χ4n) is 3.00. The molecule has 0 aliphatic carbocycles. The molecular formula is C20H15ClN4O3S. The van der Waals surface area contributed by atoms with E-state index >= 15 is 0 Å². The Balaban J connectivity index is 1.54. The highest BCUT2D eigenvalue weighted by molar-refractivity contribution is 7.17. The van der Waals surface area contributed by atoms with Crippen molar-refractivity contribution in [1.29, 1.82) is 0 Å². The van der Waals surface area contributed by atoms with Crippen molar-refractivity contribution in [1.82, 2.24) is 20.7 Å². The van der Waals surface area contributed by atoms with Crippen molar-refractivity contribution in [3.63, 3.8) is 0 Å². The molecule has 0 radical (unpaired) electrons. The van der Waals surface area contributed by atoms with Crippen LogP contribution < -0.4 is 10.7 Å². The van der Waals surface area contributed by atoms with Crippen molar-refractivity contribution in [2.24, 2.45) is 0 Å². The fourth-order valence-corrected chi connectivity index (χ4v) is 4.13. The minimum Gasteiger partial charge on any atom is -0.318 e. The molecular weight excluding hydrogens is 412 g/mol. The molecule has 4 rings (SSSR count). The molecule has 146 valence electrons. The molecule has 4 amide bonds. The van der Waals surface area contributed by atoms with Gasteiger partial charge in [-0.05, 0) is 18.6 Å². The molecule has 1 fully saturated rings. The van der Waals surface area contributed by atoms with E-state index in [2.05, 4.69) is 15.7 Å². The number of rotatable bonds is 4. The average Bonchev–Trinajstić information content (AvgIpc) is 3.29. The van der Waals surface area contributed by atoms with Crippen molar-refractivity contribution in [3.8, 4) is 10.6 Å². The monoisotopic (exact) mass is 426 g/mol.